The summed E-state index contributed by atoms with van der Waals surface area (Å²) in [6, 6.07) is 8.35. The fourth-order valence-corrected chi connectivity index (χ4v) is 1.49. The summed E-state index contributed by atoms with van der Waals surface area (Å²) in [4.78, 5) is 25.6. The van der Waals surface area contributed by atoms with Crippen molar-refractivity contribution in [2.24, 2.45) is 0 Å². The van der Waals surface area contributed by atoms with Crippen molar-refractivity contribution in [3.63, 3.8) is 0 Å². The van der Waals surface area contributed by atoms with Gasteiger partial charge in [-0.15, -0.1) is 0 Å². The first-order chi connectivity index (χ1) is 8.00. The summed E-state index contributed by atoms with van der Waals surface area (Å²) < 4.78 is 0. The molecule has 0 saturated heterocycles. The van der Waals surface area contributed by atoms with Crippen LogP contribution in [0.4, 0.5) is 0 Å². The molecular formula is C11H12O6. The maximum atomic E-state index is 11.0. The lowest BCUT2D eigenvalue weighted by Gasteiger charge is -2.23. The van der Waals surface area contributed by atoms with Gasteiger partial charge in [0.2, 0.25) is 5.60 Å². The Hall–Kier alpha value is -1.92. The van der Waals surface area contributed by atoms with Gasteiger partial charge in [0, 0.05) is 6.42 Å². The smallest absolute Gasteiger partial charge is 0.340 e. The second-order valence-electron chi connectivity index (χ2n) is 3.62. The fourth-order valence-electron chi connectivity index (χ4n) is 1.49. The number of carboxylic acids is 2. The van der Waals surface area contributed by atoms with Crippen molar-refractivity contribution < 1.29 is 29.9 Å². The average Bonchev–Trinajstić information content (AvgIpc) is 2.28. The first-order valence-corrected chi connectivity index (χ1v) is 4.82. The quantitative estimate of drug-likeness (QED) is 0.506. The second-order valence-corrected chi connectivity index (χ2v) is 3.62. The third kappa shape index (κ3) is 3.27. The Kier molecular flexibility index (Phi) is 4.19. The van der Waals surface area contributed by atoms with Gasteiger partial charge in [0.1, 0.15) is 0 Å². The number of hydrogen-bond acceptors (Lipinski definition) is 4. The molecule has 0 heterocycles. The monoisotopic (exact) mass is 240 g/mol. The lowest BCUT2D eigenvalue weighted by molar-refractivity contribution is -0.317. The lowest BCUT2D eigenvalue weighted by atomic mass is 9.91. The predicted molar refractivity (Wildman–Crippen MR) is 56.5 cm³/mol. The molecule has 0 spiro atoms. The molecule has 0 amide bonds. The molecule has 1 aromatic rings. The van der Waals surface area contributed by atoms with E-state index in [1.807, 2.05) is 0 Å². The molecular weight excluding hydrogens is 228 g/mol. The highest BCUT2D eigenvalue weighted by Crippen LogP contribution is 2.22. The minimum Gasteiger partial charge on any atom is -0.481 e. The van der Waals surface area contributed by atoms with Gasteiger partial charge in [-0.1, -0.05) is 30.3 Å². The molecule has 0 aliphatic heterocycles. The van der Waals surface area contributed by atoms with Crippen LogP contribution in [0.3, 0.4) is 0 Å². The number of benzene rings is 1. The largest absolute Gasteiger partial charge is 0.481 e. The topological polar surface area (TPSA) is 104 Å². The van der Waals surface area contributed by atoms with E-state index in [1.165, 1.54) is 0 Å². The SMILES string of the molecule is O=C(O)CC(Cc1ccccc1)(OO)C(=O)O. The Morgan fingerprint density at radius 2 is 1.76 bits per heavy atom. The van der Waals surface area contributed by atoms with Gasteiger partial charge in [-0.25, -0.2) is 9.68 Å². The van der Waals surface area contributed by atoms with Crippen LogP contribution < -0.4 is 0 Å². The van der Waals surface area contributed by atoms with E-state index in [0.29, 0.717) is 5.56 Å². The molecule has 0 aliphatic carbocycles. The van der Waals surface area contributed by atoms with Crippen molar-refractivity contribution in [2.45, 2.75) is 18.4 Å². The van der Waals surface area contributed by atoms with E-state index < -0.39 is 24.0 Å². The maximum absolute atomic E-state index is 11.0. The van der Waals surface area contributed by atoms with E-state index in [2.05, 4.69) is 4.89 Å². The summed E-state index contributed by atoms with van der Waals surface area (Å²) in [5, 5.41) is 26.4. The Balaban J connectivity index is 2.98. The molecule has 92 valence electrons. The number of aliphatic carboxylic acids is 2. The van der Waals surface area contributed by atoms with Gasteiger partial charge < -0.3 is 10.2 Å². The minimum absolute atomic E-state index is 0.230. The molecule has 0 aromatic heterocycles. The molecule has 1 rings (SSSR count). The van der Waals surface area contributed by atoms with Crippen LogP contribution in [0.15, 0.2) is 30.3 Å². The molecule has 6 nitrogen and oxygen atoms in total. The van der Waals surface area contributed by atoms with Crippen LogP contribution in [0.2, 0.25) is 0 Å². The van der Waals surface area contributed by atoms with E-state index in [4.69, 9.17) is 15.5 Å². The summed E-state index contributed by atoms with van der Waals surface area (Å²) in [6.07, 6.45) is -1.06. The van der Waals surface area contributed by atoms with Crippen LogP contribution in [-0.2, 0) is 20.9 Å². The Bertz CT molecular complexity index is 402. The van der Waals surface area contributed by atoms with Crippen molar-refractivity contribution in [1.82, 2.24) is 0 Å². The van der Waals surface area contributed by atoms with E-state index in [9.17, 15) is 9.59 Å². The lowest BCUT2D eigenvalue weighted by Crippen LogP contribution is -2.45. The third-order valence-corrected chi connectivity index (χ3v) is 2.33. The van der Waals surface area contributed by atoms with E-state index >= 15 is 0 Å². The highest BCUT2D eigenvalue weighted by atomic mass is 17.1. The summed E-state index contributed by atoms with van der Waals surface area (Å²) in [5.41, 5.74) is -1.60. The van der Waals surface area contributed by atoms with Gasteiger partial charge in [-0.2, -0.15) is 0 Å². The van der Waals surface area contributed by atoms with Crippen molar-refractivity contribution in [2.75, 3.05) is 0 Å². The van der Waals surface area contributed by atoms with Crippen molar-refractivity contribution in [1.29, 1.82) is 0 Å². The van der Waals surface area contributed by atoms with Crippen molar-refractivity contribution in [3.8, 4) is 0 Å². The molecule has 1 unspecified atom stereocenters. The Morgan fingerprint density at radius 3 is 2.18 bits per heavy atom. The zero-order valence-corrected chi connectivity index (χ0v) is 8.87. The molecule has 0 fully saturated rings. The predicted octanol–water partition coefficient (Wildman–Crippen LogP) is 1.02. The summed E-state index contributed by atoms with van der Waals surface area (Å²) in [5.74, 6) is -2.89. The number of rotatable bonds is 6. The second kappa shape index (κ2) is 5.42. The molecule has 0 saturated carbocycles. The van der Waals surface area contributed by atoms with Gasteiger partial charge in [0.25, 0.3) is 0 Å². The van der Waals surface area contributed by atoms with Gasteiger partial charge in [0.15, 0.2) is 0 Å². The van der Waals surface area contributed by atoms with Crippen molar-refractivity contribution in [3.05, 3.63) is 35.9 Å². The van der Waals surface area contributed by atoms with Gasteiger partial charge in [0.05, 0.1) is 6.42 Å². The fraction of sp³-hybridized carbons (Fsp3) is 0.273. The number of hydrogen-bond donors (Lipinski definition) is 3. The zero-order valence-electron chi connectivity index (χ0n) is 8.87. The first kappa shape index (κ1) is 13.1. The van der Waals surface area contributed by atoms with Crippen LogP contribution in [0, 0.1) is 0 Å². The van der Waals surface area contributed by atoms with Crippen LogP contribution in [-0.4, -0.2) is 33.0 Å². The van der Waals surface area contributed by atoms with Crippen LogP contribution >= 0.6 is 0 Å². The van der Waals surface area contributed by atoms with E-state index in [-0.39, 0.29) is 6.42 Å². The Morgan fingerprint density at radius 1 is 1.18 bits per heavy atom. The molecule has 0 radical (unpaired) electrons. The van der Waals surface area contributed by atoms with Gasteiger partial charge >= 0.3 is 11.9 Å². The van der Waals surface area contributed by atoms with Gasteiger partial charge in [-0.3, -0.25) is 10.1 Å². The summed E-state index contributed by atoms with van der Waals surface area (Å²) >= 11 is 0. The van der Waals surface area contributed by atoms with Gasteiger partial charge in [-0.05, 0) is 5.56 Å². The average molecular weight is 240 g/mol. The first-order valence-electron chi connectivity index (χ1n) is 4.82. The Labute approximate surface area is 97.0 Å². The van der Waals surface area contributed by atoms with Crippen LogP contribution in [0.25, 0.3) is 0 Å². The van der Waals surface area contributed by atoms with Crippen LogP contribution in [0.1, 0.15) is 12.0 Å². The van der Waals surface area contributed by atoms with E-state index in [0.717, 1.165) is 0 Å². The molecule has 3 N–H and O–H groups in total. The molecule has 0 aliphatic rings. The highest BCUT2D eigenvalue weighted by Gasteiger charge is 2.43. The van der Waals surface area contributed by atoms with E-state index in [1.54, 1.807) is 30.3 Å². The standard InChI is InChI=1S/C11H12O6/c12-9(13)7-11(17-16,10(14)15)6-8-4-2-1-3-5-8/h1-5,16H,6-7H2,(H,12,13)(H,14,15). The zero-order chi connectivity index (χ0) is 12.9. The summed E-state index contributed by atoms with van der Waals surface area (Å²) in [6.45, 7) is 0. The third-order valence-electron chi connectivity index (χ3n) is 2.33. The summed E-state index contributed by atoms with van der Waals surface area (Å²) in [7, 11) is 0. The molecule has 17 heavy (non-hydrogen) atoms. The van der Waals surface area contributed by atoms with Crippen LogP contribution in [0.5, 0.6) is 0 Å². The normalized spacial score (nSPS) is 13.9. The molecule has 1 aromatic carbocycles. The minimum atomic E-state index is -2.16. The molecule has 0 bridgehead atoms. The number of carbonyl (C=O) groups is 2. The van der Waals surface area contributed by atoms with Crippen molar-refractivity contribution >= 4 is 11.9 Å². The highest BCUT2D eigenvalue weighted by molar-refractivity contribution is 5.84. The number of carboxylic acid groups (broad SMARTS) is 2. The molecule has 6 heteroatoms. The maximum Gasteiger partial charge on any atom is 0.340 e. The molecule has 1 atom stereocenters.